The van der Waals surface area contributed by atoms with Crippen molar-refractivity contribution in [3.8, 4) is 0 Å². The molecule has 0 bridgehead atoms. The fraction of sp³-hybridized carbons (Fsp3) is 0.714. The molecule has 2 aliphatic carbocycles. The van der Waals surface area contributed by atoms with Gasteiger partial charge in [0.2, 0.25) is 0 Å². The van der Waals surface area contributed by atoms with Crippen LogP contribution in [0.2, 0.25) is 0 Å². The minimum atomic E-state index is -0.243. The molecule has 0 heterocycles. The summed E-state index contributed by atoms with van der Waals surface area (Å²) >= 11 is 0. The molecule has 1 nitrogen and oxygen atoms in total. The van der Waals surface area contributed by atoms with Crippen LogP contribution in [0.3, 0.4) is 0 Å². The maximum Gasteiger partial charge on any atom is 0.0721 e. The fourth-order valence-electron chi connectivity index (χ4n) is 3.24. The van der Waals surface area contributed by atoms with Crippen molar-refractivity contribution < 1.29 is 5.11 Å². The Morgan fingerprint density at radius 1 is 1.40 bits per heavy atom. The van der Waals surface area contributed by atoms with E-state index in [0.717, 1.165) is 25.2 Å². The molecule has 0 aromatic heterocycles. The van der Waals surface area contributed by atoms with E-state index in [1.54, 1.807) is 0 Å². The van der Waals surface area contributed by atoms with Gasteiger partial charge in [-0.15, -0.1) is 0 Å². The molecule has 0 spiro atoms. The monoisotopic (exact) mass is 206 g/mol. The van der Waals surface area contributed by atoms with Gasteiger partial charge in [0, 0.05) is 0 Å². The smallest absolute Gasteiger partial charge is 0.0721 e. The molecule has 2 unspecified atom stereocenters. The van der Waals surface area contributed by atoms with Crippen molar-refractivity contribution in [1.29, 1.82) is 0 Å². The number of aliphatic hydroxyl groups excluding tert-OH is 1. The molecule has 0 amide bonds. The van der Waals surface area contributed by atoms with E-state index in [2.05, 4.69) is 26.5 Å². The molecule has 2 rings (SSSR count). The highest BCUT2D eigenvalue weighted by atomic mass is 16.3. The van der Waals surface area contributed by atoms with Crippen LogP contribution in [-0.2, 0) is 0 Å². The summed E-state index contributed by atoms with van der Waals surface area (Å²) in [5, 5.41) is 9.71. The molecule has 15 heavy (non-hydrogen) atoms. The first-order chi connectivity index (χ1) is 7.00. The highest BCUT2D eigenvalue weighted by Crippen LogP contribution is 2.56. The topological polar surface area (TPSA) is 20.2 Å². The van der Waals surface area contributed by atoms with E-state index in [9.17, 15) is 5.11 Å². The van der Waals surface area contributed by atoms with Gasteiger partial charge >= 0.3 is 0 Å². The van der Waals surface area contributed by atoms with Crippen molar-refractivity contribution in [3.63, 3.8) is 0 Å². The third kappa shape index (κ3) is 2.03. The Morgan fingerprint density at radius 2 is 2.13 bits per heavy atom. The zero-order valence-corrected chi connectivity index (χ0v) is 9.87. The van der Waals surface area contributed by atoms with E-state index >= 15 is 0 Å². The molecule has 3 atom stereocenters. The van der Waals surface area contributed by atoms with Crippen LogP contribution in [0.5, 0.6) is 0 Å². The number of allylic oxidation sites excluding steroid dienone is 2. The minimum Gasteiger partial charge on any atom is -0.389 e. The van der Waals surface area contributed by atoms with Crippen LogP contribution in [0.1, 0.15) is 39.5 Å². The number of aliphatic hydroxyl groups is 1. The molecule has 0 radical (unpaired) electrons. The summed E-state index contributed by atoms with van der Waals surface area (Å²) in [6, 6.07) is 0. The summed E-state index contributed by atoms with van der Waals surface area (Å²) in [6.07, 6.45) is 8.06. The average molecular weight is 206 g/mol. The van der Waals surface area contributed by atoms with E-state index in [0.29, 0.717) is 11.3 Å². The molecule has 0 saturated heterocycles. The van der Waals surface area contributed by atoms with Crippen LogP contribution in [0, 0.1) is 17.3 Å². The summed E-state index contributed by atoms with van der Waals surface area (Å²) in [5.41, 5.74) is 1.82. The molecule has 84 valence electrons. The van der Waals surface area contributed by atoms with Crippen molar-refractivity contribution in [2.24, 2.45) is 17.3 Å². The van der Waals surface area contributed by atoms with Crippen LogP contribution in [0.4, 0.5) is 0 Å². The SMILES string of the molecule is C=C1C/C=C\[C@@H](O)CCC2C1CC2(C)C. The van der Waals surface area contributed by atoms with E-state index in [1.807, 2.05) is 6.08 Å². The normalized spacial score (nSPS) is 41.8. The maximum absolute atomic E-state index is 9.71. The van der Waals surface area contributed by atoms with Gasteiger partial charge in [-0.1, -0.05) is 38.2 Å². The first-order valence-electron chi connectivity index (χ1n) is 6.03. The van der Waals surface area contributed by atoms with Gasteiger partial charge in [0.15, 0.2) is 0 Å². The first-order valence-corrected chi connectivity index (χ1v) is 6.03. The maximum atomic E-state index is 9.71. The molecule has 1 heteroatoms. The molecular weight excluding hydrogens is 184 g/mol. The molecule has 1 saturated carbocycles. The van der Waals surface area contributed by atoms with Gasteiger partial charge in [-0.2, -0.15) is 0 Å². The number of hydrogen-bond acceptors (Lipinski definition) is 1. The van der Waals surface area contributed by atoms with Gasteiger partial charge in [-0.25, -0.2) is 0 Å². The van der Waals surface area contributed by atoms with Crippen molar-refractivity contribution in [3.05, 3.63) is 24.3 Å². The highest BCUT2D eigenvalue weighted by molar-refractivity contribution is 5.17. The molecule has 1 N–H and O–H groups in total. The summed E-state index contributed by atoms with van der Waals surface area (Å²) in [4.78, 5) is 0. The number of hydrogen-bond donors (Lipinski definition) is 1. The minimum absolute atomic E-state index is 0.243. The van der Waals surface area contributed by atoms with E-state index < -0.39 is 0 Å². The van der Waals surface area contributed by atoms with Crippen LogP contribution in [0.25, 0.3) is 0 Å². The lowest BCUT2D eigenvalue weighted by molar-refractivity contribution is -0.00273. The average Bonchev–Trinajstić information content (AvgIpc) is 2.18. The summed E-state index contributed by atoms with van der Waals surface area (Å²) < 4.78 is 0. The lowest BCUT2D eigenvalue weighted by Crippen LogP contribution is -2.44. The molecular formula is C14H22O. The van der Waals surface area contributed by atoms with Crippen molar-refractivity contribution in [2.75, 3.05) is 0 Å². The van der Waals surface area contributed by atoms with E-state index in [-0.39, 0.29) is 6.10 Å². The van der Waals surface area contributed by atoms with Crippen LogP contribution >= 0.6 is 0 Å². The van der Waals surface area contributed by atoms with Crippen LogP contribution in [0.15, 0.2) is 24.3 Å². The Hall–Kier alpha value is -0.560. The predicted octanol–water partition coefficient (Wildman–Crippen LogP) is 3.31. The molecule has 0 aliphatic heterocycles. The van der Waals surface area contributed by atoms with Gasteiger partial charge in [0.1, 0.15) is 0 Å². The van der Waals surface area contributed by atoms with Crippen molar-refractivity contribution >= 4 is 0 Å². The van der Waals surface area contributed by atoms with Gasteiger partial charge in [0.25, 0.3) is 0 Å². The first kappa shape index (κ1) is 10.9. The Kier molecular flexibility index (Phi) is 2.76. The lowest BCUT2D eigenvalue weighted by atomic mass is 9.52. The zero-order valence-electron chi connectivity index (χ0n) is 9.87. The van der Waals surface area contributed by atoms with Crippen molar-refractivity contribution in [1.82, 2.24) is 0 Å². The van der Waals surface area contributed by atoms with E-state index in [4.69, 9.17) is 0 Å². The van der Waals surface area contributed by atoms with Gasteiger partial charge in [-0.3, -0.25) is 0 Å². The lowest BCUT2D eigenvalue weighted by Gasteiger charge is -2.53. The second kappa shape index (κ2) is 3.79. The number of fused-ring (bicyclic) bond motifs is 1. The number of rotatable bonds is 0. The zero-order chi connectivity index (χ0) is 11.1. The largest absolute Gasteiger partial charge is 0.389 e. The predicted molar refractivity (Wildman–Crippen MR) is 63.5 cm³/mol. The van der Waals surface area contributed by atoms with Gasteiger partial charge in [0.05, 0.1) is 6.10 Å². The molecule has 1 fully saturated rings. The van der Waals surface area contributed by atoms with Crippen molar-refractivity contribution in [2.45, 2.75) is 45.6 Å². The molecule has 0 aromatic rings. The molecule has 2 aliphatic rings. The second-order valence-electron chi connectivity index (χ2n) is 5.84. The second-order valence-corrected chi connectivity index (χ2v) is 5.84. The van der Waals surface area contributed by atoms with E-state index in [1.165, 1.54) is 12.0 Å². The Balaban J connectivity index is 2.11. The summed E-state index contributed by atoms with van der Waals surface area (Å²) in [7, 11) is 0. The quantitative estimate of drug-likeness (QED) is 0.603. The highest BCUT2D eigenvalue weighted by Gasteiger charge is 2.47. The third-order valence-corrected chi connectivity index (χ3v) is 4.27. The van der Waals surface area contributed by atoms with Gasteiger partial charge < -0.3 is 5.11 Å². The Morgan fingerprint density at radius 3 is 2.80 bits per heavy atom. The third-order valence-electron chi connectivity index (χ3n) is 4.27. The standard InChI is InChI=1S/C14H22O/c1-10-5-4-6-11(15)7-8-13-12(10)9-14(13,2)3/h4,6,11-13,15H,1,5,7-9H2,2-3H3/b6-4-/t11-,12?,13?/m1/s1. The van der Waals surface area contributed by atoms with Crippen LogP contribution < -0.4 is 0 Å². The Labute approximate surface area is 92.9 Å². The fourth-order valence-corrected chi connectivity index (χ4v) is 3.24. The summed E-state index contributed by atoms with van der Waals surface area (Å²) in [5.74, 6) is 1.44. The van der Waals surface area contributed by atoms with Gasteiger partial charge in [-0.05, 0) is 42.9 Å². The molecule has 0 aromatic carbocycles. The Bertz CT molecular complexity index is 288. The summed E-state index contributed by atoms with van der Waals surface area (Å²) in [6.45, 7) is 8.89. The van der Waals surface area contributed by atoms with Crippen LogP contribution in [-0.4, -0.2) is 11.2 Å².